The number of fused-ring (bicyclic) bond motifs is 1. The number of carbonyl (C=O) groups is 2. The third-order valence-corrected chi connectivity index (χ3v) is 2.53. The van der Waals surface area contributed by atoms with Gasteiger partial charge in [-0.05, 0) is 25.1 Å². The van der Waals surface area contributed by atoms with Crippen molar-refractivity contribution in [3.05, 3.63) is 23.8 Å². The summed E-state index contributed by atoms with van der Waals surface area (Å²) in [5.74, 6) is -0.266. The van der Waals surface area contributed by atoms with Crippen LogP contribution in [0.1, 0.15) is 17.3 Å². The number of benzene rings is 1. The predicted molar refractivity (Wildman–Crippen MR) is 61.5 cm³/mol. The minimum atomic E-state index is -0.252. The van der Waals surface area contributed by atoms with Crippen LogP contribution in [-0.4, -0.2) is 24.9 Å². The lowest BCUT2D eigenvalue weighted by Gasteiger charge is -2.24. The molecule has 1 aliphatic rings. The fraction of sp³-hybridized carbons (Fsp3) is 0.273. The molecule has 0 fully saturated rings. The quantitative estimate of drug-likeness (QED) is 0.654. The number of nitrogens with one attached hydrogen (secondary N) is 3. The van der Waals surface area contributed by atoms with Crippen molar-refractivity contribution in [2.75, 3.05) is 17.7 Å². The third kappa shape index (κ3) is 1.71. The molecule has 0 saturated heterocycles. The number of carbonyl (C=O) groups excluding carboxylic acids is 2. The second-order valence-corrected chi connectivity index (χ2v) is 3.69. The molecule has 1 aromatic carbocycles. The van der Waals surface area contributed by atoms with Crippen molar-refractivity contribution < 1.29 is 9.59 Å². The van der Waals surface area contributed by atoms with Crippen LogP contribution in [0, 0.1) is 0 Å². The first-order chi connectivity index (χ1) is 7.61. The average Bonchev–Trinajstić information content (AvgIpc) is 2.29. The van der Waals surface area contributed by atoms with Crippen LogP contribution in [-0.2, 0) is 4.79 Å². The molecular formula is C11H13N3O2. The highest BCUT2D eigenvalue weighted by atomic mass is 16.2. The molecule has 5 nitrogen and oxygen atoms in total. The molecule has 0 aromatic heterocycles. The van der Waals surface area contributed by atoms with Crippen molar-refractivity contribution in [2.24, 2.45) is 0 Å². The first-order valence-electron chi connectivity index (χ1n) is 5.05. The average molecular weight is 219 g/mol. The Morgan fingerprint density at radius 1 is 1.38 bits per heavy atom. The van der Waals surface area contributed by atoms with Crippen LogP contribution < -0.4 is 16.0 Å². The van der Waals surface area contributed by atoms with Crippen LogP contribution >= 0.6 is 0 Å². The highest BCUT2D eigenvalue weighted by Gasteiger charge is 2.21. The van der Waals surface area contributed by atoms with E-state index in [0.717, 1.165) is 5.69 Å². The van der Waals surface area contributed by atoms with Crippen molar-refractivity contribution in [2.45, 2.75) is 13.0 Å². The van der Waals surface area contributed by atoms with Gasteiger partial charge in [0.1, 0.15) is 6.04 Å². The lowest BCUT2D eigenvalue weighted by molar-refractivity contribution is -0.116. The Bertz CT molecular complexity index is 457. The van der Waals surface area contributed by atoms with E-state index in [-0.39, 0.29) is 17.9 Å². The Labute approximate surface area is 93.2 Å². The fourth-order valence-electron chi connectivity index (χ4n) is 1.60. The lowest BCUT2D eigenvalue weighted by Crippen LogP contribution is -2.36. The topological polar surface area (TPSA) is 70.2 Å². The molecule has 5 heteroatoms. The molecule has 3 N–H and O–H groups in total. The lowest BCUT2D eigenvalue weighted by atomic mass is 10.1. The number of amides is 2. The van der Waals surface area contributed by atoms with E-state index in [9.17, 15) is 9.59 Å². The van der Waals surface area contributed by atoms with Crippen LogP contribution in [0.5, 0.6) is 0 Å². The van der Waals surface area contributed by atoms with Gasteiger partial charge in [-0.1, -0.05) is 0 Å². The summed E-state index contributed by atoms with van der Waals surface area (Å²) in [6, 6.07) is 4.91. The minimum Gasteiger partial charge on any atom is -0.372 e. The number of hydrogen-bond acceptors (Lipinski definition) is 3. The summed E-state index contributed by atoms with van der Waals surface area (Å²) in [5, 5.41) is 8.33. The van der Waals surface area contributed by atoms with Crippen LogP contribution in [0.2, 0.25) is 0 Å². The van der Waals surface area contributed by atoms with E-state index < -0.39 is 0 Å². The van der Waals surface area contributed by atoms with Crippen molar-refractivity contribution >= 4 is 23.2 Å². The van der Waals surface area contributed by atoms with Gasteiger partial charge in [-0.2, -0.15) is 0 Å². The summed E-state index contributed by atoms with van der Waals surface area (Å²) in [6.07, 6.45) is 0. The Kier molecular flexibility index (Phi) is 2.52. The maximum atomic E-state index is 11.4. The van der Waals surface area contributed by atoms with Gasteiger partial charge in [0.05, 0.1) is 11.4 Å². The first kappa shape index (κ1) is 10.5. The van der Waals surface area contributed by atoms with Gasteiger partial charge in [-0.15, -0.1) is 0 Å². The van der Waals surface area contributed by atoms with Gasteiger partial charge >= 0.3 is 0 Å². The summed E-state index contributed by atoms with van der Waals surface area (Å²) in [5.41, 5.74) is 2.00. The molecule has 2 rings (SSSR count). The highest BCUT2D eigenvalue weighted by Crippen LogP contribution is 2.27. The molecule has 1 atom stereocenters. The molecule has 0 radical (unpaired) electrons. The summed E-state index contributed by atoms with van der Waals surface area (Å²) in [4.78, 5) is 22.8. The Hall–Kier alpha value is -2.04. The van der Waals surface area contributed by atoms with Crippen LogP contribution in [0.4, 0.5) is 11.4 Å². The van der Waals surface area contributed by atoms with Gasteiger partial charge in [0, 0.05) is 12.6 Å². The predicted octanol–water partition coefficient (Wildman–Crippen LogP) is 0.799. The molecule has 84 valence electrons. The minimum absolute atomic E-state index is 0.0958. The Balaban J connectivity index is 2.36. The molecule has 0 bridgehead atoms. The van der Waals surface area contributed by atoms with E-state index in [0.29, 0.717) is 11.3 Å². The van der Waals surface area contributed by atoms with E-state index in [2.05, 4.69) is 16.0 Å². The maximum absolute atomic E-state index is 11.4. The summed E-state index contributed by atoms with van der Waals surface area (Å²) in [6.45, 7) is 1.78. The van der Waals surface area contributed by atoms with Gasteiger partial charge < -0.3 is 16.0 Å². The zero-order valence-corrected chi connectivity index (χ0v) is 9.13. The van der Waals surface area contributed by atoms with Crippen LogP contribution in [0.15, 0.2) is 18.2 Å². The molecule has 1 aromatic rings. The zero-order valence-electron chi connectivity index (χ0n) is 9.13. The van der Waals surface area contributed by atoms with Crippen molar-refractivity contribution in [1.29, 1.82) is 0 Å². The summed E-state index contributed by atoms with van der Waals surface area (Å²) < 4.78 is 0. The van der Waals surface area contributed by atoms with Gasteiger partial charge in [0.25, 0.3) is 5.91 Å². The molecule has 16 heavy (non-hydrogen) atoms. The molecule has 0 spiro atoms. The molecule has 0 unspecified atom stereocenters. The van der Waals surface area contributed by atoms with E-state index in [1.807, 2.05) is 0 Å². The van der Waals surface area contributed by atoms with Crippen molar-refractivity contribution in [3.63, 3.8) is 0 Å². The number of anilines is 2. The smallest absolute Gasteiger partial charge is 0.251 e. The second kappa shape index (κ2) is 3.84. The van der Waals surface area contributed by atoms with Gasteiger partial charge in [0.15, 0.2) is 0 Å². The van der Waals surface area contributed by atoms with Gasteiger partial charge in [-0.25, -0.2) is 0 Å². The van der Waals surface area contributed by atoms with E-state index in [1.54, 1.807) is 32.2 Å². The molecule has 1 aliphatic heterocycles. The fourth-order valence-corrected chi connectivity index (χ4v) is 1.60. The van der Waals surface area contributed by atoms with E-state index in [1.165, 1.54) is 0 Å². The number of rotatable bonds is 1. The summed E-state index contributed by atoms with van der Waals surface area (Å²) in [7, 11) is 1.57. The largest absolute Gasteiger partial charge is 0.372 e. The van der Waals surface area contributed by atoms with Crippen molar-refractivity contribution in [1.82, 2.24) is 5.32 Å². The highest BCUT2D eigenvalue weighted by molar-refractivity contribution is 6.04. The molecule has 0 aliphatic carbocycles. The molecule has 0 saturated carbocycles. The molecular weight excluding hydrogens is 206 g/mol. The first-order valence-corrected chi connectivity index (χ1v) is 5.05. The monoisotopic (exact) mass is 219 g/mol. The normalized spacial score (nSPS) is 18.1. The Morgan fingerprint density at radius 3 is 2.81 bits per heavy atom. The van der Waals surface area contributed by atoms with Crippen LogP contribution in [0.25, 0.3) is 0 Å². The standard InChI is InChI=1S/C11H13N3O2/c1-6-10(15)14-9-5-7(11(16)12-2)3-4-8(9)13-6/h3-6,13H,1-2H3,(H,12,16)(H,14,15)/t6-/m1/s1. The molecule has 2 amide bonds. The van der Waals surface area contributed by atoms with Gasteiger partial charge in [0.2, 0.25) is 5.91 Å². The number of hydrogen-bond donors (Lipinski definition) is 3. The third-order valence-electron chi connectivity index (χ3n) is 2.53. The second-order valence-electron chi connectivity index (χ2n) is 3.69. The maximum Gasteiger partial charge on any atom is 0.251 e. The van der Waals surface area contributed by atoms with Crippen molar-refractivity contribution in [3.8, 4) is 0 Å². The Morgan fingerprint density at radius 2 is 2.12 bits per heavy atom. The zero-order chi connectivity index (χ0) is 11.7. The molecule has 1 heterocycles. The van der Waals surface area contributed by atoms with Gasteiger partial charge in [-0.3, -0.25) is 9.59 Å². The summed E-state index contributed by atoms with van der Waals surface area (Å²) >= 11 is 0. The van der Waals surface area contributed by atoms with E-state index in [4.69, 9.17) is 0 Å². The SMILES string of the molecule is CNC(=O)c1ccc2c(c1)NC(=O)[C@@H](C)N2. The van der Waals surface area contributed by atoms with E-state index >= 15 is 0 Å². The van der Waals surface area contributed by atoms with Crippen LogP contribution in [0.3, 0.4) is 0 Å².